The van der Waals surface area contributed by atoms with Gasteiger partial charge >= 0.3 is 0 Å². The third kappa shape index (κ3) is 2.74. The van der Waals surface area contributed by atoms with E-state index < -0.39 is 5.92 Å². The summed E-state index contributed by atoms with van der Waals surface area (Å²) in [5.74, 6) is -2.39. The summed E-state index contributed by atoms with van der Waals surface area (Å²) in [5.41, 5.74) is 2.73. The van der Waals surface area contributed by atoms with Crippen molar-refractivity contribution >= 4 is 11.0 Å². The first-order valence-corrected chi connectivity index (χ1v) is 7.35. The second-order valence-electron chi connectivity index (χ2n) is 6.01. The minimum atomic E-state index is -2.50. The number of rotatable bonds is 3. The number of hydrogen-bond donors (Lipinski definition) is 1. The van der Waals surface area contributed by atoms with Crippen LogP contribution in [0.25, 0.3) is 22.3 Å². The van der Waals surface area contributed by atoms with Gasteiger partial charge < -0.3 is 5.11 Å². The van der Waals surface area contributed by atoms with E-state index in [0.717, 1.165) is 5.56 Å². The second-order valence-corrected chi connectivity index (χ2v) is 6.01. The molecule has 5 nitrogen and oxygen atoms in total. The largest absolute Gasteiger partial charge is 0.508 e. The van der Waals surface area contributed by atoms with Crippen LogP contribution in [0, 0.1) is 5.92 Å². The van der Waals surface area contributed by atoms with E-state index in [1.165, 1.54) is 0 Å². The first-order valence-electron chi connectivity index (χ1n) is 7.35. The fourth-order valence-electron chi connectivity index (χ4n) is 2.91. The lowest BCUT2D eigenvalue weighted by molar-refractivity contribution is -0.114. The molecular formula is C16H14F2N4O. The Balaban J connectivity index is 1.55. The number of phenolic OH excluding ortho intramolecular Hbond substituents is 1. The Bertz CT molecular complexity index is 869. The zero-order chi connectivity index (χ0) is 16.0. The lowest BCUT2D eigenvalue weighted by Crippen LogP contribution is -2.37. The summed E-state index contributed by atoms with van der Waals surface area (Å²) < 4.78 is 27.4. The summed E-state index contributed by atoms with van der Waals surface area (Å²) in [6.45, 7) is 0.491. The molecule has 2 heterocycles. The van der Waals surface area contributed by atoms with Gasteiger partial charge in [0.15, 0.2) is 0 Å². The van der Waals surface area contributed by atoms with E-state index in [2.05, 4.69) is 15.1 Å². The standard InChI is InChI=1S/C16H14F2N4O/c17-16(18)4-10(5-16)8-22-9-11(6-20-22)15-7-19-14-3-12(23)1-2-13(14)21-15/h1-3,6-7,9-10,23H,4-5,8H2. The molecule has 3 aromatic rings. The first kappa shape index (κ1) is 14.0. The maximum atomic E-state index is 12.9. The Morgan fingerprint density at radius 2 is 2.04 bits per heavy atom. The van der Waals surface area contributed by atoms with Gasteiger partial charge in [0.1, 0.15) is 5.75 Å². The van der Waals surface area contributed by atoms with E-state index in [1.54, 1.807) is 41.5 Å². The molecule has 1 aromatic carbocycles. The van der Waals surface area contributed by atoms with Crippen LogP contribution in [0.5, 0.6) is 5.75 Å². The van der Waals surface area contributed by atoms with E-state index in [0.29, 0.717) is 23.3 Å². The number of alkyl halides is 2. The fourth-order valence-corrected chi connectivity index (χ4v) is 2.91. The van der Waals surface area contributed by atoms with Crippen LogP contribution in [0.4, 0.5) is 8.78 Å². The molecule has 2 aromatic heterocycles. The van der Waals surface area contributed by atoms with Crippen LogP contribution in [0.3, 0.4) is 0 Å². The average Bonchev–Trinajstić information content (AvgIpc) is 2.93. The zero-order valence-corrected chi connectivity index (χ0v) is 12.2. The number of fused-ring (bicyclic) bond motifs is 1. The minimum Gasteiger partial charge on any atom is -0.508 e. The van der Waals surface area contributed by atoms with Crippen molar-refractivity contribution in [3.63, 3.8) is 0 Å². The van der Waals surface area contributed by atoms with Gasteiger partial charge in [0.2, 0.25) is 5.92 Å². The molecule has 1 saturated carbocycles. The molecule has 7 heteroatoms. The van der Waals surface area contributed by atoms with Crippen molar-refractivity contribution in [3.05, 3.63) is 36.8 Å². The van der Waals surface area contributed by atoms with Gasteiger partial charge in [0, 0.05) is 37.2 Å². The van der Waals surface area contributed by atoms with Gasteiger partial charge in [-0.1, -0.05) is 0 Å². The number of phenols is 1. The van der Waals surface area contributed by atoms with Crippen LogP contribution in [0.15, 0.2) is 36.8 Å². The molecule has 0 aliphatic heterocycles. The molecule has 0 amide bonds. The molecule has 1 aliphatic carbocycles. The normalized spacial score (nSPS) is 17.3. The van der Waals surface area contributed by atoms with Crippen LogP contribution in [0.1, 0.15) is 12.8 Å². The predicted octanol–water partition coefficient (Wildman–Crippen LogP) is 3.24. The molecule has 1 fully saturated rings. The molecule has 0 spiro atoms. The highest BCUT2D eigenvalue weighted by molar-refractivity contribution is 5.78. The molecule has 23 heavy (non-hydrogen) atoms. The zero-order valence-electron chi connectivity index (χ0n) is 12.2. The minimum absolute atomic E-state index is 0.0246. The van der Waals surface area contributed by atoms with Gasteiger partial charge in [-0.15, -0.1) is 0 Å². The van der Waals surface area contributed by atoms with Crippen LogP contribution in [-0.4, -0.2) is 30.8 Å². The van der Waals surface area contributed by atoms with Crippen LogP contribution in [0.2, 0.25) is 0 Å². The molecule has 0 bridgehead atoms. The lowest BCUT2D eigenvalue weighted by atomic mass is 9.81. The van der Waals surface area contributed by atoms with Gasteiger partial charge in [-0.25, -0.2) is 13.8 Å². The summed E-state index contributed by atoms with van der Waals surface area (Å²) in [5, 5.41) is 13.7. The van der Waals surface area contributed by atoms with Crippen molar-refractivity contribution in [2.24, 2.45) is 5.92 Å². The number of benzene rings is 1. The lowest BCUT2D eigenvalue weighted by Gasteiger charge is -2.34. The Kier molecular flexibility index (Phi) is 3.04. The average molecular weight is 316 g/mol. The monoisotopic (exact) mass is 316 g/mol. The molecule has 0 atom stereocenters. The molecule has 0 radical (unpaired) electrons. The Morgan fingerprint density at radius 1 is 1.22 bits per heavy atom. The molecule has 1 N–H and O–H groups in total. The highest BCUT2D eigenvalue weighted by atomic mass is 19.3. The van der Waals surface area contributed by atoms with Crippen LogP contribution in [-0.2, 0) is 6.54 Å². The maximum Gasteiger partial charge on any atom is 0.248 e. The van der Waals surface area contributed by atoms with Gasteiger partial charge in [-0.3, -0.25) is 9.67 Å². The van der Waals surface area contributed by atoms with Gasteiger partial charge in [-0.05, 0) is 18.1 Å². The molecular weight excluding hydrogens is 302 g/mol. The van der Waals surface area contributed by atoms with Gasteiger partial charge in [0.25, 0.3) is 0 Å². The summed E-state index contributed by atoms with van der Waals surface area (Å²) in [7, 11) is 0. The molecule has 0 saturated heterocycles. The van der Waals surface area contributed by atoms with Crippen molar-refractivity contribution in [2.45, 2.75) is 25.3 Å². The highest BCUT2D eigenvalue weighted by Crippen LogP contribution is 2.43. The Hall–Kier alpha value is -2.57. The van der Waals surface area contributed by atoms with Crippen molar-refractivity contribution < 1.29 is 13.9 Å². The highest BCUT2D eigenvalue weighted by Gasteiger charge is 2.45. The number of aromatic nitrogens is 4. The van der Waals surface area contributed by atoms with Crippen molar-refractivity contribution in [1.29, 1.82) is 0 Å². The topological polar surface area (TPSA) is 63.8 Å². The van der Waals surface area contributed by atoms with Crippen LogP contribution < -0.4 is 0 Å². The van der Waals surface area contributed by atoms with Gasteiger partial charge in [-0.2, -0.15) is 5.10 Å². The summed E-state index contributed by atoms with van der Waals surface area (Å²) in [6, 6.07) is 4.80. The van der Waals surface area contributed by atoms with E-state index in [-0.39, 0.29) is 24.5 Å². The third-order valence-electron chi connectivity index (χ3n) is 4.07. The Labute approximate surface area is 130 Å². The van der Waals surface area contributed by atoms with E-state index in [1.807, 2.05) is 0 Å². The fraction of sp³-hybridized carbons (Fsp3) is 0.312. The third-order valence-corrected chi connectivity index (χ3v) is 4.07. The molecule has 1 aliphatic rings. The van der Waals surface area contributed by atoms with Crippen LogP contribution >= 0.6 is 0 Å². The maximum absolute atomic E-state index is 12.9. The van der Waals surface area contributed by atoms with E-state index in [4.69, 9.17) is 0 Å². The number of nitrogens with zero attached hydrogens (tertiary/aromatic N) is 4. The molecule has 0 unspecified atom stereocenters. The smallest absolute Gasteiger partial charge is 0.248 e. The molecule has 4 rings (SSSR count). The quantitative estimate of drug-likeness (QED) is 0.805. The van der Waals surface area contributed by atoms with Crippen molar-refractivity contribution in [1.82, 2.24) is 19.7 Å². The summed E-state index contributed by atoms with van der Waals surface area (Å²) >= 11 is 0. The van der Waals surface area contributed by atoms with Crippen molar-refractivity contribution in [2.75, 3.05) is 0 Å². The SMILES string of the molecule is Oc1ccc2nc(-c3cnn(CC4CC(F)(F)C4)c3)cnc2c1. The second kappa shape index (κ2) is 4.97. The predicted molar refractivity (Wildman–Crippen MR) is 80.1 cm³/mol. The van der Waals surface area contributed by atoms with Gasteiger partial charge in [0.05, 0.1) is 29.1 Å². The Morgan fingerprint density at radius 3 is 2.83 bits per heavy atom. The molecule has 118 valence electrons. The summed E-state index contributed by atoms with van der Waals surface area (Å²) in [4.78, 5) is 8.77. The van der Waals surface area contributed by atoms with E-state index >= 15 is 0 Å². The summed E-state index contributed by atoms with van der Waals surface area (Å²) in [6.07, 6.45) is 4.93. The van der Waals surface area contributed by atoms with Crippen molar-refractivity contribution in [3.8, 4) is 17.0 Å². The van der Waals surface area contributed by atoms with E-state index in [9.17, 15) is 13.9 Å². The number of hydrogen-bond acceptors (Lipinski definition) is 4. The number of halogens is 2. The number of aromatic hydroxyl groups is 1. The first-order chi connectivity index (χ1) is 11.0.